The average Bonchev–Trinajstić information content (AvgIpc) is 1.54. The highest BCUT2D eigenvalue weighted by atomic mass is 16.6. The SMILES string of the molecule is CCOC(=O)c1ccc(Nc2cc(C)nc3c2ccc2ccccc23)cc1.CCOC(=O)c1ccc2ncc(C(=O)OCC)c(NCc3ccco3)c2c1.CCOC(=O)c1cnc2ccc(OC)cc2c1NCc1ccco1.COc1cccc2c(Nc3ccc4c(c3)OCCO4)cc(C)nc12.Cc1ccc2nc3c(c(Nc4ccccc4)c2c1)CCC3.c1coc(CNc2c3c(nc4ccccc24)CCC3)c1. The van der Waals surface area contributed by atoms with Crippen LogP contribution in [0.1, 0.15) is 139 Å². The summed E-state index contributed by atoms with van der Waals surface area (Å²) in [4.78, 5) is 76.2. The lowest BCUT2D eigenvalue weighted by molar-refractivity contribution is 0.0516. The third kappa shape index (κ3) is 23.5. The van der Waals surface area contributed by atoms with Crippen LogP contribution in [0.4, 0.5) is 51.2 Å². The van der Waals surface area contributed by atoms with Crippen LogP contribution in [0.2, 0.25) is 0 Å². The molecule has 10 heterocycles. The minimum Gasteiger partial charge on any atom is -0.497 e. The second-order valence-corrected chi connectivity index (χ2v) is 33.8. The molecule has 143 heavy (non-hydrogen) atoms. The van der Waals surface area contributed by atoms with Crippen molar-refractivity contribution in [1.29, 1.82) is 0 Å². The molecule has 2 aliphatic carbocycles. The van der Waals surface area contributed by atoms with Crippen LogP contribution in [0.5, 0.6) is 23.0 Å². The minimum atomic E-state index is -0.490. The molecule has 27 nitrogen and oxygen atoms in total. The molecule has 0 atom stereocenters. The van der Waals surface area contributed by atoms with Gasteiger partial charge in [-0.05, 0) is 261 Å². The molecule has 0 saturated heterocycles. The van der Waals surface area contributed by atoms with Gasteiger partial charge in [0.15, 0.2) is 11.5 Å². The van der Waals surface area contributed by atoms with Crippen LogP contribution in [-0.2, 0) is 64.3 Å². The third-order valence-corrected chi connectivity index (χ3v) is 24.1. The smallest absolute Gasteiger partial charge is 0.341 e. The lowest BCUT2D eigenvalue weighted by atomic mass is 10.0. The number of methoxy groups -OCH3 is 2. The Kier molecular flexibility index (Phi) is 31.6. The van der Waals surface area contributed by atoms with Crippen LogP contribution in [0.15, 0.2) is 299 Å². The van der Waals surface area contributed by atoms with Crippen LogP contribution in [0.25, 0.3) is 76.2 Å². The molecule has 0 amide bonds. The van der Waals surface area contributed by atoms with Gasteiger partial charge in [-0.25, -0.2) is 24.2 Å². The molecule has 6 N–H and O–H groups in total. The van der Waals surface area contributed by atoms with Gasteiger partial charge in [0.25, 0.3) is 0 Å². The molecule has 10 aromatic carbocycles. The summed E-state index contributed by atoms with van der Waals surface area (Å²) in [5.74, 6) is 3.77. The van der Waals surface area contributed by atoms with Crippen molar-refractivity contribution in [3.8, 4) is 23.0 Å². The van der Waals surface area contributed by atoms with E-state index in [0.717, 1.165) is 143 Å². The first-order valence-corrected chi connectivity index (χ1v) is 47.8. The Morgan fingerprint density at radius 3 is 1.46 bits per heavy atom. The van der Waals surface area contributed by atoms with Gasteiger partial charge in [0.1, 0.15) is 58.6 Å². The molecule has 22 rings (SSSR count). The van der Waals surface area contributed by atoms with Crippen LogP contribution in [0.3, 0.4) is 0 Å². The number of hydrogen-bond acceptors (Lipinski definition) is 27. The van der Waals surface area contributed by atoms with E-state index >= 15 is 0 Å². The molecular formula is C116H110N12O15. The largest absolute Gasteiger partial charge is 0.497 e. The van der Waals surface area contributed by atoms with E-state index in [0.29, 0.717) is 96.5 Å². The van der Waals surface area contributed by atoms with Gasteiger partial charge in [-0.3, -0.25) is 24.9 Å². The van der Waals surface area contributed by atoms with Gasteiger partial charge in [-0.15, -0.1) is 0 Å². The summed E-state index contributed by atoms with van der Waals surface area (Å²) >= 11 is 0. The van der Waals surface area contributed by atoms with Gasteiger partial charge in [-0.1, -0.05) is 96.6 Å². The highest BCUT2D eigenvalue weighted by Gasteiger charge is 2.26. The van der Waals surface area contributed by atoms with Crippen molar-refractivity contribution in [3.05, 3.63) is 365 Å². The second kappa shape index (κ2) is 46.4. The molecule has 0 saturated carbocycles. The summed E-state index contributed by atoms with van der Waals surface area (Å²) in [5.41, 5.74) is 24.1. The molecule has 3 aliphatic rings. The fourth-order valence-electron chi connectivity index (χ4n) is 17.5. The highest BCUT2D eigenvalue weighted by Crippen LogP contribution is 2.42. The van der Waals surface area contributed by atoms with E-state index in [1.54, 1.807) is 97.1 Å². The Labute approximate surface area is 827 Å². The first-order valence-electron chi connectivity index (χ1n) is 47.8. The van der Waals surface area contributed by atoms with Gasteiger partial charge >= 0.3 is 23.9 Å². The second-order valence-electron chi connectivity index (χ2n) is 33.8. The van der Waals surface area contributed by atoms with E-state index in [9.17, 15) is 19.2 Å². The molecule has 1 aliphatic heterocycles. The molecule has 0 fully saturated rings. The quantitative estimate of drug-likeness (QED) is 0.0176. The predicted molar refractivity (Wildman–Crippen MR) is 561 cm³/mol. The first kappa shape index (κ1) is 97.3. The Hall–Kier alpha value is -17.4. The van der Waals surface area contributed by atoms with E-state index < -0.39 is 17.9 Å². The number of esters is 4. The van der Waals surface area contributed by atoms with E-state index in [2.05, 4.69) is 139 Å². The number of nitrogens with one attached hydrogen (secondary N) is 6. The maximum Gasteiger partial charge on any atom is 0.341 e. The summed E-state index contributed by atoms with van der Waals surface area (Å²) in [6, 6.07) is 82.7. The van der Waals surface area contributed by atoms with Crippen LogP contribution in [0, 0.1) is 20.8 Å². The molecule has 9 aromatic heterocycles. The maximum absolute atomic E-state index is 12.4. The van der Waals surface area contributed by atoms with Crippen molar-refractivity contribution in [3.63, 3.8) is 0 Å². The number of pyridine rings is 6. The van der Waals surface area contributed by atoms with Gasteiger partial charge in [-0.2, -0.15) is 0 Å². The number of aromatic nitrogens is 6. The Balaban J connectivity index is 0.000000118. The molecule has 724 valence electrons. The summed E-state index contributed by atoms with van der Waals surface area (Å²) < 4.78 is 58.4. The number of aryl methyl sites for hydroxylation is 5. The molecular weight excluding hydrogens is 1800 g/mol. The standard InChI is InChI=1S/C23H20N2O2.C20H20N2O5.C19H18N2O3.C19H18N2.C18H18N2O4.C17H16N2O/c1-3-27-23(26)17-8-11-18(12-9-17)25-21-14-15(2)24-22-19-7-5-4-6-16(19)10-13-20(21)22;1-3-25-19(23)13-7-8-17-15(10-13)18(22-11-14-6-5-9-27-14)16(12-21-17)20(24)26-4-2;1-12-10-15(14-4-3-5-17(22-2)19(14)20-12)21-13-6-7-16-18(11-13)24-9-8-23-16;1-13-10-11-18-16(12-13)19(15-8-5-9-17(15)21-18)20-14-6-3-2-4-7-14;1-3-23-18(21)15-11-19-16-7-6-12(22-2)9-14(16)17(15)20-10-13-5-4-8-24-13;1-2-8-15-13(6-1)17(14-7-3-9-16(14)19-15)18-11-12-5-4-10-20-12/h4-14H,3H2,1-2H3,(H,24,25);5-10,12H,3-4,11H2,1-2H3,(H,21,22);3-7,10-11H,8-9H2,1-2H3,(H,20,21);2-4,6-7,10-12H,5,8-9H2,1H3,(H,20,21);4-9,11H,3,10H2,1-2H3,(H,19,20);1-2,4-6,8,10H,3,7,9,11H2,(H,18,19). The molecule has 27 heteroatoms. The zero-order valence-electron chi connectivity index (χ0n) is 81.0. The lowest BCUT2D eigenvalue weighted by Gasteiger charge is -2.19. The lowest BCUT2D eigenvalue weighted by Crippen LogP contribution is -2.15. The number of carbonyl (C=O) groups excluding carboxylic acids is 4. The number of fused-ring (bicyclic) bond motifs is 11. The van der Waals surface area contributed by atoms with Crippen molar-refractivity contribution in [1.82, 2.24) is 29.9 Å². The van der Waals surface area contributed by atoms with Crippen molar-refractivity contribution in [2.45, 2.75) is 107 Å². The highest BCUT2D eigenvalue weighted by molar-refractivity contribution is 6.11. The molecule has 19 aromatic rings. The van der Waals surface area contributed by atoms with Crippen molar-refractivity contribution in [2.24, 2.45) is 0 Å². The Morgan fingerprint density at radius 1 is 0.357 bits per heavy atom. The zero-order chi connectivity index (χ0) is 99.1. The average molecular weight is 1910 g/mol. The molecule has 0 bridgehead atoms. The summed E-state index contributed by atoms with van der Waals surface area (Å²) in [7, 11) is 3.26. The maximum atomic E-state index is 12.4. The van der Waals surface area contributed by atoms with Gasteiger partial charge in [0.05, 0.1) is 135 Å². The summed E-state index contributed by atoms with van der Waals surface area (Å²) in [6.45, 7) is 17.0. The van der Waals surface area contributed by atoms with Gasteiger partial charge in [0.2, 0.25) is 0 Å². The Bertz CT molecular complexity index is 7730. The number of rotatable bonds is 25. The first-order chi connectivity index (χ1) is 70.0. The molecule has 0 unspecified atom stereocenters. The predicted octanol–water partition coefficient (Wildman–Crippen LogP) is 25.8. The number of benzene rings is 10. The number of hydrogen-bond donors (Lipinski definition) is 6. The number of carbonyl (C=O) groups is 4. The van der Waals surface area contributed by atoms with E-state index in [1.807, 2.05) is 147 Å². The monoisotopic (exact) mass is 1910 g/mol. The third-order valence-electron chi connectivity index (χ3n) is 24.1. The van der Waals surface area contributed by atoms with Crippen LogP contribution in [-0.4, -0.2) is 108 Å². The number of anilines is 9. The van der Waals surface area contributed by atoms with Crippen molar-refractivity contribution in [2.75, 3.05) is 85.8 Å². The van der Waals surface area contributed by atoms with Gasteiger partial charge < -0.3 is 83.0 Å². The fraction of sp³-hybridized carbons (Fsp3) is 0.207. The number of nitrogens with zero attached hydrogens (tertiary/aromatic N) is 6. The van der Waals surface area contributed by atoms with Crippen molar-refractivity contribution < 1.29 is 70.3 Å². The number of ether oxygens (including phenoxy) is 8. The van der Waals surface area contributed by atoms with Gasteiger partial charge in [0, 0.05) is 113 Å². The molecule has 0 spiro atoms. The van der Waals surface area contributed by atoms with Crippen LogP contribution < -0.4 is 50.8 Å². The summed E-state index contributed by atoms with van der Waals surface area (Å²) in [6.07, 6.45) is 14.7. The topological polar surface area (TPSA) is 331 Å². The Morgan fingerprint density at radius 2 is 0.853 bits per heavy atom. The summed E-state index contributed by atoms with van der Waals surface area (Å²) in [5, 5.41) is 28.8. The molecule has 0 radical (unpaired) electrons. The number of para-hydroxylation sites is 3. The normalized spacial score (nSPS) is 11.9. The number of furan rings is 3. The zero-order valence-corrected chi connectivity index (χ0v) is 81.0. The fourth-order valence-corrected chi connectivity index (χ4v) is 17.5. The van der Waals surface area contributed by atoms with E-state index in [1.165, 1.54) is 80.8 Å². The minimum absolute atomic E-state index is 0.247. The van der Waals surface area contributed by atoms with Crippen LogP contribution >= 0.6 is 0 Å². The van der Waals surface area contributed by atoms with E-state index in [4.69, 9.17) is 66.1 Å². The van der Waals surface area contributed by atoms with Crippen molar-refractivity contribution >= 4 is 151 Å². The van der Waals surface area contributed by atoms with E-state index in [-0.39, 0.29) is 24.7 Å².